The van der Waals surface area contributed by atoms with Gasteiger partial charge in [0.2, 0.25) is 0 Å². The van der Waals surface area contributed by atoms with Crippen molar-refractivity contribution in [1.82, 2.24) is 0 Å². The van der Waals surface area contributed by atoms with E-state index in [1.165, 1.54) is 33.4 Å². The van der Waals surface area contributed by atoms with Crippen molar-refractivity contribution in [2.45, 2.75) is 5.41 Å². The second-order valence-electron chi connectivity index (χ2n) is 10.6. The lowest BCUT2D eigenvalue weighted by molar-refractivity contribution is 0.435. The third-order valence-corrected chi connectivity index (χ3v) is 9.11. The standard InChI is InChI=1S/C37H21BrO2/c38-22-17-18-26-24-10-2-1-9-23(24)25-11-3-5-13-29(25)37(31(26)19-22)30-14-6-8-16-34(30)40-36-20-28-27-12-4-7-15-33(27)39-35(28)21-32(36)37/h1-21H. The fourth-order valence-corrected chi connectivity index (χ4v) is 7.40. The van der Waals surface area contributed by atoms with E-state index in [4.69, 9.17) is 9.15 Å². The Bertz CT molecular complexity index is 2170. The van der Waals surface area contributed by atoms with Crippen LogP contribution in [0.15, 0.2) is 136 Å². The number of halogens is 1. The number of rotatable bonds is 0. The van der Waals surface area contributed by atoms with Gasteiger partial charge in [0.1, 0.15) is 22.7 Å². The molecular weight excluding hydrogens is 556 g/mol. The Labute approximate surface area is 239 Å². The molecule has 1 spiro atoms. The van der Waals surface area contributed by atoms with Gasteiger partial charge in [-0.05, 0) is 69.8 Å². The molecule has 1 unspecified atom stereocenters. The van der Waals surface area contributed by atoms with Crippen LogP contribution < -0.4 is 4.74 Å². The molecular formula is C37H21BrO2. The van der Waals surface area contributed by atoms with Crippen molar-refractivity contribution in [2.24, 2.45) is 0 Å². The number of para-hydroxylation sites is 2. The lowest BCUT2D eigenvalue weighted by atomic mass is 9.62. The summed E-state index contributed by atoms with van der Waals surface area (Å²) in [6.07, 6.45) is 0. The summed E-state index contributed by atoms with van der Waals surface area (Å²) in [5.74, 6) is 1.72. The van der Waals surface area contributed by atoms with Gasteiger partial charge in [0.15, 0.2) is 0 Å². The molecule has 0 fully saturated rings. The quantitative estimate of drug-likeness (QED) is 0.179. The molecule has 1 atom stereocenters. The molecule has 0 radical (unpaired) electrons. The van der Waals surface area contributed by atoms with Crippen molar-refractivity contribution in [3.05, 3.63) is 154 Å². The minimum Gasteiger partial charge on any atom is -0.457 e. The van der Waals surface area contributed by atoms with E-state index in [2.05, 4.69) is 131 Å². The van der Waals surface area contributed by atoms with Gasteiger partial charge in [-0.2, -0.15) is 0 Å². The van der Waals surface area contributed by atoms with Gasteiger partial charge in [-0.1, -0.05) is 107 Å². The predicted molar refractivity (Wildman–Crippen MR) is 164 cm³/mol. The van der Waals surface area contributed by atoms with Crippen LogP contribution in [0.2, 0.25) is 0 Å². The van der Waals surface area contributed by atoms with E-state index in [1.807, 2.05) is 12.1 Å². The van der Waals surface area contributed by atoms with Gasteiger partial charge < -0.3 is 9.15 Å². The minimum absolute atomic E-state index is 0.647. The average Bonchev–Trinajstić information content (AvgIpc) is 3.32. The van der Waals surface area contributed by atoms with Crippen molar-refractivity contribution in [1.29, 1.82) is 0 Å². The molecule has 3 heteroatoms. The first kappa shape index (κ1) is 22.2. The van der Waals surface area contributed by atoms with Gasteiger partial charge in [0, 0.05) is 26.4 Å². The maximum atomic E-state index is 6.76. The third-order valence-electron chi connectivity index (χ3n) is 8.62. The smallest absolute Gasteiger partial charge is 0.136 e. The second kappa shape index (κ2) is 7.97. The van der Waals surface area contributed by atoms with Gasteiger partial charge in [0.25, 0.3) is 0 Å². The summed E-state index contributed by atoms with van der Waals surface area (Å²) in [4.78, 5) is 0. The van der Waals surface area contributed by atoms with Crippen LogP contribution >= 0.6 is 15.9 Å². The molecule has 2 heterocycles. The molecule has 6 aromatic carbocycles. The summed E-state index contributed by atoms with van der Waals surface area (Å²) >= 11 is 3.84. The zero-order valence-electron chi connectivity index (χ0n) is 21.3. The van der Waals surface area contributed by atoms with Crippen LogP contribution in [-0.4, -0.2) is 0 Å². The van der Waals surface area contributed by atoms with E-state index in [0.29, 0.717) is 0 Å². The van der Waals surface area contributed by atoms with Crippen molar-refractivity contribution in [3.63, 3.8) is 0 Å². The van der Waals surface area contributed by atoms with E-state index in [-0.39, 0.29) is 0 Å². The Kier molecular flexibility index (Phi) is 4.43. The van der Waals surface area contributed by atoms with E-state index in [9.17, 15) is 0 Å². The number of hydrogen-bond donors (Lipinski definition) is 0. The number of hydrogen-bond acceptors (Lipinski definition) is 2. The van der Waals surface area contributed by atoms with E-state index < -0.39 is 5.41 Å². The minimum atomic E-state index is -0.647. The highest BCUT2D eigenvalue weighted by molar-refractivity contribution is 9.10. The Balaban J connectivity index is 1.54. The fraction of sp³-hybridized carbons (Fsp3) is 0.0270. The van der Waals surface area contributed by atoms with E-state index in [0.717, 1.165) is 49.0 Å². The Morgan fingerprint density at radius 1 is 0.450 bits per heavy atom. The fourth-order valence-electron chi connectivity index (χ4n) is 7.04. The number of furan rings is 1. The molecule has 0 saturated carbocycles. The molecule has 0 saturated heterocycles. The lowest BCUT2D eigenvalue weighted by Crippen LogP contribution is -2.34. The monoisotopic (exact) mass is 576 g/mol. The van der Waals surface area contributed by atoms with Gasteiger partial charge in [0.05, 0.1) is 5.41 Å². The first-order valence-electron chi connectivity index (χ1n) is 13.5. The number of benzene rings is 6. The van der Waals surface area contributed by atoms with Crippen molar-refractivity contribution in [2.75, 3.05) is 0 Å². The number of fused-ring (bicyclic) bond motifs is 14. The highest BCUT2D eigenvalue weighted by Crippen LogP contribution is 2.61. The van der Waals surface area contributed by atoms with Crippen molar-refractivity contribution in [3.8, 4) is 33.8 Å². The molecule has 1 aliphatic heterocycles. The molecule has 2 aliphatic rings. The summed E-state index contributed by atoms with van der Waals surface area (Å²) in [7, 11) is 0. The van der Waals surface area contributed by atoms with Crippen LogP contribution in [0.25, 0.3) is 44.2 Å². The Morgan fingerprint density at radius 3 is 1.98 bits per heavy atom. The third kappa shape index (κ3) is 2.78. The molecule has 1 aromatic heterocycles. The predicted octanol–water partition coefficient (Wildman–Crippen LogP) is 10.5. The maximum Gasteiger partial charge on any atom is 0.136 e. The first-order chi connectivity index (χ1) is 19.7. The Morgan fingerprint density at radius 2 is 1.12 bits per heavy atom. The van der Waals surface area contributed by atoms with Crippen LogP contribution in [0.3, 0.4) is 0 Å². The molecule has 188 valence electrons. The average molecular weight is 577 g/mol. The normalized spacial score (nSPS) is 16.4. The molecule has 0 bridgehead atoms. The van der Waals surface area contributed by atoms with E-state index >= 15 is 0 Å². The summed E-state index contributed by atoms with van der Waals surface area (Å²) in [6.45, 7) is 0. The van der Waals surface area contributed by atoms with Crippen LogP contribution in [0.5, 0.6) is 11.5 Å². The molecule has 2 nitrogen and oxygen atoms in total. The second-order valence-corrected chi connectivity index (χ2v) is 11.5. The molecule has 0 amide bonds. The van der Waals surface area contributed by atoms with Gasteiger partial charge in [-0.3, -0.25) is 0 Å². The topological polar surface area (TPSA) is 22.4 Å². The summed E-state index contributed by atoms with van der Waals surface area (Å²) < 4.78 is 14.3. The molecule has 0 N–H and O–H groups in total. The molecule has 1 aliphatic carbocycles. The zero-order chi connectivity index (χ0) is 26.4. The zero-order valence-corrected chi connectivity index (χ0v) is 22.9. The Hall–Kier alpha value is -4.60. The van der Waals surface area contributed by atoms with Gasteiger partial charge >= 0.3 is 0 Å². The summed E-state index contributed by atoms with van der Waals surface area (Å²) in [5.41, 5.74) is 10.6. The van der Waals surface area contributed by atoms with Crippen LogP contribution in [0.1, 0.15) is 22.3 Å². The SMILES string of the molecule is Brc1ccc2c(c1)C1(c3ccccc3Oc3cc4c(cc31)oc1ccccc14)c1ccccc1-c1ccccc1-2. The first-order valence-corrected chi connectivity index (χ1v) is 14.3. The van der Waals surface area contributed by atoms with Crippen LogP contribution in [-0.2, 0) is 5.41 Å². The van der Waals surface area contributed by atoms with E-state index in [1.54, 1.807) is 0 Å². The van der Waals surface area contributed by atoms with Crippen molar-refractivity contribution >= 4 is 37.9 Å². The van der Waals surface area contributed by atoms with Crippen LogP contribution in [0.4, 0.5) is 0 Å². The molecule has 7 aromatic rings. The van der Waals surface area contributed by atoms with Gasteiger partial charge in [-0.15, -0.1) is 0 Å². The maximum absolute atomic E-state index is 6.76. The van der Waals surface area contributed by atoms with Crippen molar-refractivity contribution < 1.29 is 9.15 Å². The summed E-state index contributed by atoms with van der Waals surface area (Å²) in [6, 6.07) is 45.4. The molecule has 40 heavy (non-hydrogen) atoms. The van der Waals surface area contributed by atoms with Gasteiger partial charge in [-0.25, -0.2) is 0 Å². The highest BCUT2D eigenvalue weighted by Gasteiger charge is 2.49. The lowest BCUT2D eigenvalue weighted by Gasteiger charge is -2.42. The molecule has 9 rings (SSSR count). The summed E-state index contributed by atoms with van der Waals surface area (Å²) in [5, 5.41) is 2.15. The highest BCUT2D eigenvalue weighted by atomic mass is 79.9. The van der Waals surface area contributed by atoms with Crippen LogP contribution in [0, 0.1) is 0 Å². The number of ether oxygens (including phenoxy) is 1. The largest absolute Gasteiger partial charge is 0.457 e.